The molecular weight excluding hydrogens is 182 g/mol. The van der Waals surface area contributed by atoms with Crippen LogP contribution in [0, 0.1) is 0 Å². The maximum absolute atomic E-state index is 10.6. The summed E-state index contributed by atoms with van der Waals surface area (Å²) < 4.78 is 9.37. The van der Waals surface area contributed by atoms with Gasteiger partial charge in [-0.1, -0.05) is 13.5 Å². The molecule has 0 aromatic rings. The average molecular weight is 199 g/mol. The van der Waals surface area contributed by atoms with E-state index in [9.17, 15) is 4.79 Å². The fraction of sp³-hybridized carbons (Fsp3) is 0.600. The normalized spacial score (nSPS) is 12.4. The summed E-state index contributed by atoms with van der Waals surface area (Å²) in [6.07, 6.45) is 2.35. The second kappa shape index (κ2) is 8.29. The minimum absolute atomic E-state index is 0.295. The van der Waals surface area contributed by atoms with Crippen molar-refractivity contribution < 1.29 is 14.3 Å². The van der Waals surface area contributed by atoms with Gasteiger partial charge in [-0.05, 0) is 13.3 Å². The summed E-state index contributed by atoms with van der Waals surface area (Å²) >= 11 is 0. The summed E-state index contributed by atoms with van der Waals surface area (Å²) in [6.45, 7) is 9.14. The highest BCUT2D eigenvalue weighted by Gasteiger charge is 1.99. The first kappa shape index (κ1) is 12.7. The molecule has 1 aliphatic rings. The highest BCUT2D eigenvalue weighted by atomic mass is 16.5. The molecule has 0 spiro atoms. The van der Waals surface area contributed by atoms with Gasteiger partial charge in [0.25, 0.3) is 0 Å². The zero-order valence-corrected chi connectivity index (χ0v) is 8.78. The summed E-state index contributed by atoms with van der Waals surface area (Å²) in [5, 5.41) is 0. The van der Waals surface area contributed by atoms with Crippen LogP contribution in [-0.4, -0.2) is 32.1 Å². The molecular formula is C10H17NO3. The Morgan fingerprint density at radius 1 is 1.71 bits per heavy atom. The Kier molecular flexibility index (Phi) is 7.50. The lowest BCUT2D eigenvalue weighted by molar-refractivity contribution is -0.138. The van der Waals surface area contributed by atoms with E-state index >= 15 is 0 Å². The minimum atomic E-state index is -0.295. The fourth-order valence-electron chi connectivity index (χ4n) is 0.581. The Hall–Kier alpha value is -1.32. The van der Waals surface area contributed by atoms with E-state index in [0.717, 1.165) is 19.6 Å². The van der Waals surface area contributed by atoms with Crippen molar-refractivity contribution in [2.75, 3.05) is 19.8 Å². The molecule has 0 saturated carbocycles. The van der Waals surface area contributed by atoms with Crippen molar-refractivity contribution in [3.63, 3.8) is 0 Å². The van der Waals surface area contributed by atoms with Crippen molar-refractivity contribution in [2.24, 2.45) is 4.99 Å². The van der Waals surface area contributed by atoms with Crippen LogP contribution >= 0.6 is 0 Å². The number of ether oxygens (including phenoxy) is 2. The van der Waals surface area contributed by atoms with Crippen molar-refractivity contribution in [3.8, 4) is 0 Å². The third-order valence-electron chi connectivity index (χ3n) is 1.27. The smallest absolute Gasteiger partial charge is 0.333 e. The van der Waals surface area contributed by atoms with Gasteiger partial charge < -0.3 is 9.47 Å². The van der Waals surface area contributed by atoms with Crippen molar-refractivity contribution >= 4 is 12.4 Å². The molecule has 0 aromatic heterocycles. The second-order valence-corrected chi connectivity index (χ2v) is 2.80. The van der Waals surface area contributed by atoms with Gasteiger partial charge in [-0.25, -0.2) is 4.79 Å². The Labute approximate surface area is 84.6 Å². The Bertz CT molecular complexity index is 205. The lowest BCUT2D eigenvalue weighted by Crippen LogP contribution is -2.04. The minimum Gasteiger partial charge on any atom is -0.482 e. The lowest BCUT2D eigenvalue weighted by Gasteiger charge is -1.99. The summed E-state index contributed by atoms with van der Waals surface area (Å²) in [4.78, 5) is 14.3. The molecule has 1 rings (SSSR count). The molecule has 0 radical (unpaired) electrons. The summed E-state index contributed by atoms with van der Waals surface area (Å²) in [5.41, 5.74) is 0.462. The van der Waals surface area contributed by atoms with Gasteiger partial charge in [0.2, 0.25) is 0 Å². The summed E-state index contributed by atoms with van der Waals surface area (Å²) in [5.74, 6) is -0.295. The van der Waals surface area contributed by atoms with Gasteiger partial charge in [-0.2, -0.15) is 0 Å². The average Bonchev–Trinajstić information content (AvgIpc) is 2.71. The molecule has 0 fully saturated rings. The number of aliphatic imine (C=N–C) groups is 1. The first-order chi connectivity index (χ1) is 6.68. The van der Waals surface area contributed by atoms with Crippen LogP contribution < -0.4 is 0 Å². The molecule has 4 heteroatoms. The predicted octanol–water partition coefficient (Wildman–Crippen LogP) is 1.56. The molecule has 80 valence electrons. The standard InChI is InChI=1S/C7H12O2.C3H5NO/c1-4-5-9-7(8)6(2)3;1-2-5-3-4-1/h2,4-5H2,1,3H3;3H,1-2H2. The molecule has 0 bridgehead atoms. The van der Waals surface area contributed by atoms with Crippen molar-refractivity contribution in [2.45, 2.75) is 20.3 Å². The Morgan fingerprint density at radius 3 is 2.71 bits per heavy atom. The van der Waals surface area contributed by atoms with Crippen LogP contribution in [0.3, 0.4) is 0 Å². The van der Waals surface area contributed by atoms with E-state index in [1.165, 1.54) is 6.40 Å². The van der Waals surface area contributed by atoms with Crippen molar-refractivity contribution in [3.05, 3.63) is 12.2 Å². The number of nitrogens with zero attached hydrogens (tertiary/aromatic N) is 1. The first-order valence-electron chi connectivity index (χ1n) is 4.61. The third kappa shape index (κ3) is 7.34. The van der Waals surface area contributed by atoms with Crippen LogP contribution in [0.25, 0.3) is 0 Å². The molecule has 0 aliphatic carbocycles. The monoisotopic (exact) mass is 199 g/mol. The van der Waals surface area contributed by atoms with Crippen LogP contribution in [0.4, 0.5) is 0 Å². The Balaban J connectivity index is 0.000000280. The fourth-order valence-corrected chi connectivity index (χ4v) is 0.581. The number of carbonyl (C=O) groups is 1. The van der Waals surface area contributed by atoms with Gasteiger partial charge in [-0.15, -0.1) is 0 Å². The van der Waals surface area contributed by atoms with E-state index in [4.69, 9.17) is 4.74 Å². The van der Waals surface area contributed by atoms with Crippen LogP contribution in [0.15, 0.2) is 17.1 Å². The number of esters is 1. The van der Waals surface area contributed by atoms with Crippen molar-refractivity contribution in [1.82, 2.24) is 0 Å². The number of carbonyl (C=O) groups excluding carboxylic acids is 1. The molecule has 0 aromatic carbocycles. The maximum atomic E-state index is 10.6. The van der Waals surface area contributed by atoms with E-state index in [0.29, 0.717) is 12.2 Å². The lowest BCUT2D eigenvalue weighted by atomic mass is 10.4. The van der Waals surface area contributed by atoms with Gasteiger partial charge in [0.1, 0.15) is 6.61 Å². The van der Waals surface area contributed by atoms with Crippen LogP contribution in [0.2, 0.25) is 0 Å². The van der Waals surface area contributed by atoms with E-state index in [1.807, 2.05) is 6.92 Å². The maximum Gasteiger partial charge on any atom is 0.333 e. The first-order valence-corrected chi connectivity index (χ1v) is 4.61. The van der Waals surface area contributed by atoms with Gasteiger partial charge in [0.05, 0.1) is 13.2 Å². The van der Waals surface area contributed by atoms with Crippen LogP contribution in [0.5, 0.6) is 0 Å². The molecule has 0 N–H and O–H groups in total. The highest BCUT2D eigenvalue weighted by molar-refractivity contribution is 5.86. The number of hydrogen-bond donors (Lipinski definition) is 0. The van der Waals surface area contributed by atoms with E-state index in [2.05, 4.69) is 16.3 Å². The SMILES string of the molecule is C1=NCCO1.C=C(C)C(=O)OCCC. The molecule has 14 heavy (non-hydrogen) atoms. The van der Waals surface area contributed by atoms with E-state index < -0.39 is 0 Å². The zero-order valence-electron chi connectivity index (χ0n) is 8.78. The molecule has 0 amide bonds. The van der Waals surface area contributed by atoms with Gasteiger partial charge in [0, 0.05) is 5.57 Å². The molecule has 4 nitrogen and oxygen atoms in total. The molecule has 0 atom stereocenters. The third-order valence-corrected chi connectivity index (χ3v) is 1.27. The number of rotatable bonds is 3. The Morgan fingerprint density at radius 2 is 2.43 bits per heavy atom. The van der Waals surface area contributed by atoms with Gasteiger partial charge >= 0.3 is 5.97 Å². The van der Waals surface area contributed by atoms with Gasteiger partial charge in [-0.3, -0.25) is 4.99 Å². The van der Waals surface area contributed by atoms with Crippen LogP contribution in [0.1, 0.15) is 20.3 Å². The number of hydrogen-bond acceptors (Lipinski definition) is 4. The van der Waals surface area contributed by atoms with E-state index in [1.54, 1.807) is 6.92 Å². The van der Waals surface area contributed by atoms with E-state index in [-0.39, 0.29) is 5.97 Å². The summed E-state index contributed by atoms with van der Waals surface area (Å²) in [7, 11) is 0. The second-order valence-electron chi connectivity index (χ2n) is 2.80. The predicted molar refractivity (Wildman–Crippen MR) is 55.4 cm³/mol. The summed E-state index contributed by atoms with van der Waals surface area (Å²) in [6, 6.07) is 0. The van der Waals surface area contributed by atoms with Crippen LogP contribution in [-0.2, 0) is 14.3 Å². The largest absolute Gasteiger partial charge is 0.482 e. The zero-order chi connectivity index (χ0) is 10.8. The molecule has 0 saturated heterocycles. The highest BCUT2D eigenvalue weighted by Crippen LogP contribution is 1.91. The molecule has 1 aliphatic heterocycles. The molecule has 1 heterocycles. The quantitative estimate of drug-likeness (QED) is 0.512. The topological polar surface area (TPSA) is 47.9 Å². The molecule has 0 unspecified atom stereocenters. The van der Waals surface area contributed by atoms with Gasteiger partial charge in [0.15, 0.2) is 6.40 Å². The van der Waals surface area contributed by atoms with Crippen molar-refractivity contribution in [1.29, 1.82) is 0 Å².